The first kappa shape index (κ1) is 27.2. The van der Waals surface area contributed by atoms with E-state index in [4.69, 9.17) is 0 Å². The van der Waals surface area contributed by atoms with Crippen molar-refractivity contribution in [1.29, 1.82) is 5.26 Å². The van der Waals surface area contributed by atoms with Gasteiger partial charge in [0.1, 0.15) is 17.4 Å². The van der Waals surface area contributed by atoms with Gasteiger partial charge in [-0.05, 0) is 76.9 Å². The molecule has 0 amide bonds. The summed E-state index contributed by atoms with van der Waals surface area (Å²) in [5, 5.41) is 10.7. The van der Waals surface area contributed by atoms with E-state index in [9.17, 15) is 14.4 Å². The van der Waals surface area contributed by atoms with Crippen LogP contribution in [0.3, 0.4) is 0 Å². The second-order valence-electron chi connectivity index (χ2n) is 12.0. The van der Waals surface area contributed by atoms with Crippen LogP contribution in [0, 0.1) is 31.0 Å². The average molecular weight is 554 g/mol. The summed E-state index contributed by atoms with van der Waals surface area (Å²) in [7, 11) is 0. The number of aromatic nitrogens is 2. The molecule has 4 nitrogen and oxygen atoms in total. The van der Waals surface area contributed by atoms with Gasteiger partial charge in [0.15, 0.2) is 0 Å². The molecule has 0 unspecified atom stereocenters. The molecule has 0 atom stereocenters. The van der Waals surface area contributed by atoms with Crippen LogP contribution in [-0.4, -0.2) is 8.97 Å². The van der Waals surface area contributed by atoms with Gasteiger partial charge in [0.2, 0.25) is 0 Å². The number of halogens is 1. The monoisotopic (exact) mass is 553 g/mol. The number of nitrogens with zero attached hydrogens (tertiary/aromatic N) is 3. The molecule has 0 spiro atoms. The Balaban J connectivity index is 1.81. The van der Waals surface area contributed by atoms with Crippen LogP contribution in [0.5, 0.6) is 0 Å². The summed E-state index contributed by atoms with van der Waals surface area (Å²) < 4.78 is 17.9. The molecule has 6 rings (SSSR count). The zero-order valence-electron chi connectivity index (χ0n) is 24.5. The average Bonchev–Trinajstić information content (AvgIpc) is 3.32. The van der Waals surface area contributed by atoms with Crippen LogP contribution in [-0.2, 0) is 12.0 Å². The van der Waals surface area contributed by atoms with Crippen LogP contribution in [0.15, 0.2) is 95.8 Å². The van der Waals surface area contributed by atoms with Crippen LogP contribution in [0.2, 0.25) is 0 Å². The second-order valence-corrected chi connectivity index (χ2v) is 12.0. The first-order chi connectivity index (χ1) is 20.1. The van der Waals surface area contributed by atoms with Gasteiger partial charge in [-0.25, -0.2) is 4.39 Å². The Morgan fingerprint density at radius 3 is 2.10 bits per heavy atom. The Kier molecular flexibility index (Phi) is 6.58. The van der Waals surface area contributed by atoms with Gasteiger partial charge < -0.3 is 8.97 Å². The predicted molar refractivity (Wildman–Crippen MR) is 168 cm³/mol. The van der Waals surface area contributed by atoms with E-state index in [1.54, 1.807) is 10.6 Å². The highest BCUT2D eigenvalue weighted by Crippen LogP contribution is 2.40. The van der Waals surface area contributed by atoms with Gasteiger partial charge in [0.05, 0.1) is 28.8 Å². The summed E-state index contributed by atoms with van der Waals surface area (Å²) >= 11 is 0. The Morgan fingerprint density at radius 1 is 0.810 bits per heavy atom. The molecule has 2 aromatic heterocycles. The zero-order valence-corrected chi connectivity index (χ0v) is 24.5. The Morgan fingerprint density at radius 2 is 1.48 bits per heavy atom. The van der Waals surface area contributed by atoms with E-state index < -0.39 is 0 Å². The number of rotatable bonds is 4. The molecule has 0 saturated heterocycles. The minimum Gasteiger partial charge on any atom is -0.301 e. The molecular weight excluding hydrogens is 521 g/mol. The maximum atomic E-state index is 14.7. The lowest BCUT2D eigenvalue weighted by Gasteiger charge is -2.19. The van der Waals surface area contributed by atoms with E-state index in [0.29, 0.717) is 27.9 Å². The van der Waals surface area contributed by atoms with Crippen molar-refractivity contribution in [2.24, 2.45) is 0 Å². The van der Waals surface area contributed by atoms with Gasteiger partial charge in [-0.1, -0.05) is 87.5 Å². The number of nitriles is 1. The quantitative estimate of drug-likeness (QED) is 0.220. The molecule has 0 bridgehead atoms. The molecule has 5 heteroatoms. The van der Waals surface area contributed by atoms with Crippen LogP contribution in [0.1, 0.15) is 48.6 Å². The van der Waals surface area contributed by atoms with E-state index in [1.165, 1.54) is 12.1 Å². The van der Waals surface area contributed by atoms with Crippen molar-refractivity contribution in [1.82, 2.24) is 8.97 Å². The maximum absolute atomic E-state index is 14.7. The molecule has 0 fully saturated rings. The fourth-order valence-electron chi connectivity index (χ4n) is 5.81. The molecule has 6 aromatic rings. The summed E-state index contributed by atoms with van der Waals surface area (Å²) in [6.07, 6.45) is 0. The largest absolute Gasteiger partial charge is 0.301 e. The highest BCUT2D eigenvalue weighted by molar-refractivity contribution is 5.97. The summed E-state index contributed by atoms with van der Waals surface area (Å²) in [6, 6.07) is 30.8. The first-order valence-electron chi connectivity index (χ1n) is 14.1. The highest BCUT2D eigenvalue weighted by atomic mass is 19.1. The maximum Gasteiger partial charge on any atom is 0.276 e. The SMILES string of the molecule is Cc1cc2c(cc1C)n1c(-c3ccccc3)c(C#N)c(-c3ccc(C(C)(C)C)cc3)c1c(=O)n2Cc1cccc(F)c1. The van der Waals surface area contributed by atoms with E-state index in [0.717, 1.165) is 38.9 Å². The Hall–Kier alpha value is -4.95. The molecule has 0 N–H and O–H groups in total. The third kappa shape index (κ3) is 4.50. The van der Waals surface area contributed by atoms with Crippen molar-refractivity contribution < 1.29 is 4.39 Å². The van der Waals surface area contributed by atoms with Gasteiger partial charge in [-0.2, -0.15) is 5.26 Å². The van der Waals surface area contributed by atoms with Gasteiger partial charge in [-0.3, -0.25) is 4.79 Å². The molecule has 42 heavy (non-hydrogen) atoms. The Bertz CT molecular complexity index is 2090. The third-order valence-corrected chi connectivity index (χ3v) is 8.17. The minimum absolute atomic E-state index is 0.0438. The lowest BCUT2D eigenvalue weighted by Crippen LogP contribution is -2.24. The number of hydrogen-bond acceptors (Lipinski definition) is 2. The number of benzene rings is 4. The van der Waals surface area contributed by atoms with E-state index >= 15 is 0 Å². The third-order valence-electron chi connectivity index (χ3n) is 8.17. The van der Waals surface area contributed by atoms with Gasteiger partial charge in [0, 0.05) is 5.56 Å². The van der Waals surface area contributed by atoms with Crippen LogP contribution in [0.25, 0.3) is 38.9 Å². The normalized spacial score (nSPS) is 11.7. The number of fused-ring (bicyclic) bond motifs is 3. The van der Waals surface area contributed by atoms with Crippen molar-refractivity contribution >= 4 is 16.6 Å². The molecule has 208 valence electrons. The van der Waals surface area contributed by atoms with E-state index in [-0.39, 0.29) is 23.3 Å². The van der Waals surface area contributed by atoms with Crippen LogP contribution < -0.4 is 5.56 Å². The van der Waals surface area contributed by atoms with Crippen LogP contribution in [0.4, 0.5) is 4.39 Å². The van der Waals surface area contributed by atoms with Crippen molar-refractivity contribution in [2.45, 2.75) is 46.6 Å². The number of aryl methyl sites for hydroxylation is 2. The summed E-state index contributed by atoms with van der Waals surface area (Å²) in [5.41, 5.74) is 9.06. The van der Waals surface area contributed by atoms with Crippen molar-refractivity contribution in [3.8, 4) is 28.5 Å². The van der Waals surface area contributed by atoms with Crippen molar-refractivity contribution in [3.05, 3.63) is 135 Å². The molecule has 0 aliphatic heterocycles. The van der Waals surface area contributed by atoms with Crippen molar-refractivity contribution in [3.63, 3.8) is 0 Å². The fourth-order valence-corrected chi connectivity index (χ4v) is 5.81. The molecule has 2 heterocycles. The highest BCUT2D eigenvalue weighted by Gasteiger charge is 2.27. The smallest absolute Gasteiger partial charge is 0.276 e. The fraction of sp³-hybridized carbons (Fsp3) is 0.189. The zero-order chi connectivity index (χ0) is 29.8. The molecule has 0 saturated carbocycles. The first-order valence-corrected chi connectivity index (χ1v) is 14.1. The second kappa shape index (κ2) is 10.2. The number of hydrogen-bond donors (Lipinski definition) is 0. The van der Waals surface area contributed by atoms with Gasteiger partial charge in [-0.15, -0.1) is 0 Å². The molecular formula is C37H32FN3O. The molecule has 4 aromatic carbocycles. The van der Waals surface area contributed by atoms with E-state index in [1.807, 2.05) is 72.8 Å². The standard InChI is InChI=1S/C37H32FN3O/c1-23-18-31-32(19-24(23)2)41-34(27-11-7-6-8-12-27)30(21-39)33(26-14-16-28(17-15-26)37(3,4)5)35(41)36(42)40(31)22-25-10-9-13-29(38)20-25/h6-20H,22H2,1-5H3. The predicted octanol–water partition coefficient (Wildman–Crippen LogP) is 8.56. The van der Waals surface area contributed by atoms with Gasteiger partial charge >= 0.3 is 0 Å². The van der Waals surface area contributed by atoms with Crippen LogP contribution >= 0.6 is 0 Å². The lowest BCUT2D eigenvalue weighted by molar-refractivity contribution is 0.590. The summed E-state index contributed by atoms with van der Waals surface area (Å²) in [6.45, 7) is 10.7. The summed E-state index contributed by atoms with van der Waals surface area (Å²) in [4.78, 5) is 14.7. The topological polar surface area (TPSA) is 50.2 Å². The Labute approximate surface area is 244 Å². The van der Waals surface area contributed by atoms with Gasteiger partial charge in [0.25, 0.3) is 5.56 Å². The van der Waals surface area contributed by atoms with Crippen molar-refractivity contribution in [2.75, 3.05) is 0 Å². The molecule has 0 aliphatic carbocycles. The minimum atomic E-state index is -0.349. The molecule has 0 aliphatic rings. The summed E-state index contributed by atoms with van der Waals surface area (Å²) in [5.74, 6) is -0.349. The lowest BCUT2D eigenvalue weighted by atomic mass is 9.86. The molecule has 0 radical (unpaired) electrons. The van der Waals surface area contributed by atoms with E-state index in [2.05, 4.69) is 45.0 Å².